The Balaban J connectivity index is 1.48. The first-order valence-corrected chi connectivity index (χ1v) is 11.9. The molecule has 32 heavy (non-hydrogen) atoms. The van der Waals surface area contributed by atoms with E-state index >= 15 is 0 Å². The Hall–Kier alpha value is -2.50. The molecule has 0 amide bonds. The molecule has 1 aromatic carbocycles. The molecule has 1 fully saturated rings. The monoisotopic (exact) mass is 469 g/mol. The zero-order chi connectivity index (χ0) is 23.4. The minimum atomic E-state index is -3.76. The molecule has 2 N–H and O–H groups in total. The lowest BCUT2D eigenvalue weighted by molar-refractivity contribution is 0.0672. The molecule has 1 heterocycles. The molecule has 176 valence electrons. The molecule has 0 unspecified atom stereocenters. The maximum atomic E-state index is 13.3. The van der Waals surface area contributed by atoms with Gasteiger partial charge in [0.05, 0.1) is 17.7 Å². The van der Waals surface area contributed by atoms with E-state index in [0.29, 0.717) is 31.1 Å². The normalized spacial score (nSPS) is 14.5. The zero-order valence-electron chi connectivity index (χ0n) is 18.1. The molecule has 1 aliphatic carbocycles. The highest BCUT2D eigenvalue weighted by molar-refractivity contribution is 7.89. The predicted molar refractivity (Wildman–Crippen MR) is 116 cm³/mol. The van der Waals surface area contributed by atoms with Crippen LogP contribution in [0, 0.1) is 11.7 Å². The fraction of sp³-hybridized carbons (Fsp3) is 0.524. The number of H-pyrrole nitrogens is 1. The topological polar surface area (TPSA) is 119 Å². The quantitative estimate of drug-likeness (QED) is 0.459. The SMILES string of the molecule is CC(C)(CCCOCn1cc(F)c(=O)[nH]c1=O)NS(=O)(=O)c1cccc(OCC2CC2)c1. The molecule has 0 radical (unpaired) electrons. The summed E-state index contributed by atoms with van der Waals surface area (Å²) in [5.74, 6) is 0.0158. The number of benzene rings is 1. The first kappa shape index (κ1) is 24.1. The molecular weight excluding hydrogens is 441 g/mol. The third kappa shape index (κ3) is 7.01. The lowest BCUT2D eigenvalue weighted by Gasteiger charge is -2.26. The molecule has 9 nitrogen and oxygen atoms in total. The number of hydrogen-bond donors (Lipinski definition) is 2. The molecule has 1 aliphatic rings. The minimum Gasteiger partial charge on any atom is -0.493 e. The van der Waals surface area contributed by atoms with E-state index in [9.17, 15) is 22.4 Å². The second-order valence-electron chi connectivity index (χ2n) is 8.57. The van der Waals surface area contributed by atoms with Crippen LogP contribution in [0.2, 0.25) is 0 Å². The summed E-state index contributed by atoms with van der Waals surface area (Å²) in [4.78, 5) is 24.6. The highest BCUT2D eigenvalue weighted by Gasteiger charge is 2.27. The maximum absolute atomic E-state index is 13.3. The van der Waals surface area contributed by atoms with Crippen molar-refractivity contribution in [2.24, 2.45) is 5.92 Å². The number of sulfonamides is 1. The van der Waals surface area contributed by atoms with E-state index in [2.05, 4.69) is 4.72 Å². The fourth-order valence-corrected chi connectivity index (χ4v) is 4.54. The van der Waals surface area contributed by atoms with Crippen molar-refractivity contribution >= 4 is 10.0 Å². The number of aromatic nitrogens is 2. The van der Waals surface area contributed by atoms with E-state index < -0.39 is 32.6 Å². The minimum absolute atomic E-state index is 0.134. The molecule has 1 aromatic heterocycles. The summed E-state index contributed by atoms with van der Waals surface area (Å²) in [6.07, 6.45) is 4.02. The summed E-state index contributed by atoms with van der Waals surface area (Å²) < 4.78 is 53.5. The van der Waals surface area contributed by atoms with Crippen molar-refractivity contribution < 1.29 is 22.3 Å². The van der Waals surface area contributed by atoms with Gasteiger partial charge in [0.2, 0.25) is 15.8 Å². The van der Waals surface area contributed by atoms with Gasteiger partial charge in [0.1, 0.15) is 12.5 Å². The van der Waals surface area contributed by atoms with Crippen LogP contribution in [0.1, 0.15) is 39.5 Å². The third-order valence-corrected chi connectivity index (χ3v) is 6.69. The first-order valence-electron chi connectivity index (χ1n) is 10.4. The Bertz CT molecular complexity index is 1150. The average molecular weight is 470 g/mol. The van der Waals surface area contributed by atoms with Crippen molar-refractivity contribution in [3.63, 3.8) is 0 Å². The van der Waals surface area contributed by atoms with Crippen molar-refractivity contribution in [3.8, 4) is 5.75 Å². The summed E-state index contributed by atoms with van der Waals surface area (Å²) >= 11 is 0. The van der Waals surface area contributed by atoms with Gasteiger partial charge in [-0.2, -0.15) is 4.39 Å². The summed E-state index contributed by atoms with van der Waals surface area (Å²) in [7, 11) is -3.76. The molecule has 3 rings (SSSR count). The van der Waals surface area contributed by atoms with Gasteiger partial charge in [0, 0.05) is 18.2 Å². The van der Waals surface area contributed by atoms with Gasteiger partial charge in [0.25, 0.3) is 5.56 Å². The molecular formula is C21H28FN3O6S. The van der Waals surface area contributed by atoms with Crippen LogP contribution in [-0.4, -0.2) is 36.7 Å². The summed E-state index contributed by atoms with van der Waals surface area (Å²) in [6, 6.07) is 6.43. The van der Waals surface area contributed by atoms with Crippen LogP contribution in [0.5, 0.6) is 5.75 Å². The lowest BCUT2D eigenvalue weighted by atomic mass is 10.0. The van der Waals surface area contributed by atoms with Crippen molar-refractivity contribution in [1.82, 2.24) is 14.3 Å². The summed E-state index contributed by atoms with van der Waals surface area (Å²) in [6.45, 7) is 4.11. The molecule has 0 aliphatic heterocycles. The molecule has 0 atom stereocenters. The summed E-state index contributed by atoms with van der Waals surface area (Å²) in [5, 5.41) is 0. The molecule has 0 saturated heterocycles. The number of nitrogens with one attached hydrogen (secondary N) is 2. The first-order chi connectivity index (χ1) is 15.1. The molecule has 11 heteroatoms. The van der Waals surface area contributed by atoms with Crippen molar-refractivity contribution in [2.75, 3.05) is 13.2 Å². The van der Waals surface area contributed by atoms with Gasteiger partial charge in [-0.25, -0.2) is 17.9 Å². The van der Waals surface area contributed by atoms with Gasteiger partial charge >= 0.3 is 5.69 Å². The van der Waals surface area contributed by atoms with Gasteiger partial charge in [-0.3, -0.25) is 14.3 Å². The highest BCUT2D eigenvalue weighted by atomic mass is 32.2. The molecule has 1 saturated carbocycles. The van der Waals surface area contributed by atoms with E-state index in [-0.39, 0.29) is 18.2 Å². The van der Waals surface area contributed by atoms with Crippen molar-refractivity contribution in [1.29, 1.82) is 0 Å². The van der Waals surface area contributed by atoms with Crippen LogP contribution in [0.3, 0.4) is 0 Å². The van der Waals surface area contributed by atoms with Gasteiger partial charge in [-0.15, -0.1) is 0 Å². The summed E-state index contributed by atoms with van der Waals surface area (Å²) in [5.41, 5.74) is -2.61. The van der Waals surface area contributed by atoms with Crippen LogP contribution in [0.15, 0.2) is 44.9 Å². The van der Waals surface area contributed by atoms with Crippen LogP contribution in [0.25, 0.3) is 0 Å². The van der Waals surface area contributed by atoms with Crippen molar-refractivity contribution in [3.05, 3.63) is 57.1 Å². The molecule has 2 aromatic rings. The number of ether oxygens (including phenoxy) is 2. The maximum Gasteiger partial charge on any atom is 0.330 e. The van der Waals surface area contributed by atoms with Crippen LogP contribution in [-0.2, 0) is 21.5 Å². The van der Waals surface area contributed by atoms with Crippen LogP contribution < -0.4 is 20.7 Å². The van der Waals surface area contributed by atoms with E-state index in [1.165, 1.54) is 12.1 Å². The lowest BCUT2D eigenvalue weighted by Crippen LogP contribution is -2.43. The van der Waals surface area contributed by atoms with Gasteiger partial charge in [0.15, 0.2) is 0 Å². The fourth-order valence-electron chi connectivity index (χ4n) is 3.06. The second kappa shape index (κ2) is 9.97. The Labute approximate surface area is 185 Å². The van der Waals surface area contributed by atoms with Gasteiger partial charge in [-0.1, -0.05) is 6.07 Å². The Kier molecular flexibility index (Phi) is 7.52. The number of halogens is 1. The largest absolute Gasteiger partial charge is 0.493 e. The Morgan fingerprint density at radius 2 is 2.03 bits per heavy atom. The number of hydrogen-bond acceptors (Lipinski definition) is 6. The average Bonchev–Trinajstić information content (AvgIpc) is 3.54. The highest BCUT2D eigenvalue weighted by Crippen LogP contribution is 2.30. The third-order valence-electron chi connectivity index (χ3n) is 5.00. The predicted octanol–water partition coefficient (Wildman–Crippen LogP) is 1.98. The Morgan fingerprint density at radius 1 is 1.28 bits per heavy atom. The smallest absolute Gasteiger partial charge is 0.330 e. The molecule has 0 spiro atoms. The van der Waals surface area contributed by atoms with Crippen molar-refractivity contribution in [2.45, 2.75) is 56.7 Å². The van der Waals surface area contributed by atoms with E-state index in [0.717, 1.165) is 23.6 Å². The van der Waals surface area contributed by atoms with Gasteiger partial charge in [-0.05, 0) is 57.6 Å². The standard InChI is InChI=1S/C21H28FN3O6S/c1-21(2,9-4-10-30-14-25-12-18(22)19(26)23-20(25)27)24-32(28,29)17-6-3-5-16(11-17)31-13-15-7-8-15/h3,5-6,11-12,15,24H,4,7-10,13-14H2,1-2H3,(H,23,26,27). The van der Waals surface area contributed by atoms with Gasteiger partial charge < -0.3 is 9.47 Å². The number of aromatic amines is 1. The zero-order valence-corrected chi connectivity index (χ0v) is 18.9. The van der Waals surface area contributed by atoms with Crippen LogP contribution in [0.4, 0.5) is 4.39 Å². The molecule has 0 bridgehead atoms. The number of nitrogens with zero attached hydrogens (tertiary/aromatic N) is 1. The second-order valence-corrected chi connectivity index (χ2v) is 10.2. The van der Waals surface area contributed by atoms with E-state index in [4.69, 9.17) is 9.47 Å². The number of rotatable bonds is 12. The van der Waals surface area contributed by atoms with E-state index in [1.807, 2.05) is 4.98 Å². The van der Waals surface area contributed by atoms with E-state index in [1.54, 1.807) is 26.0 Å². The Morgan fingerprint density at radius 3 is 2.75 bits per heavy atom. The van der Waals surface area contributed by atoms with Crippen LogP contribution >= 0.6 is 0 Å².